The first-order chi connectivity index (χ1) is 14.0. The van der Waals surface area contributed by atoms with Crippen LogP contribution in [0.15, 0.2) is 48.5 Å². The van der Waals surface area contributed by atoms with Gasteiger partial charge in [0, 0.05) is 0 Å². The lowest BCUT2D eigenvalue weighted by Gasteiger charge is -2.20. The minimum absolute atomic E-state index is 0.0959. The van der Waals surface area contributed by atoms with Crippen LogP contribution in [-0.2, 0) is 9.53 Å². The molecule has 4 heteroatoms. The fourth-order valence-electron chi connectivity index (χ4n) is 2.78. The number of carbonyl (C=O) groups excluding carboxylic acids is 1. The Hall–Kier alpha value is -2.49. The van der Waals surface area contributed by atoms with Crippen LogP contribution in [0.4, 0.5) is 0 Å². The van der Waals surface area contributed by atoms with Gasteiger partial charge in [-0.3, -0.25) is 4.79 Å². The van der Waals surface area contributed by atoms with E-state index in [1.807, 2.05) is 45.0 Å². The average molecular weight is 399 g/mol. The van der Waals surface area contributed by atoms with Gasteiger partial charge >= 0.3 is 5.97 Å². The molecule has 0 spiro atoms. The summed E-state index contributed by atoms with van der Waals surface area (Å²) < 4.78 is 16.4. The molecular formula is C25H34O4. The van der Waals surface area contributed by atoms with Crippen molar-refractivity contribution in [3.63, 3.8) is 0 Å². The van der Waals surface area contributed by atoms with Crippen molar-refractivity contribution in [2.75, 3.05) is 20.3 Å². The molecule has 0 radical (unpaired) electrons. The summed E-state index contributed by atoms with van der Waals surface area (Å²) in [5, 5.41) is 0. The molecule has 0 atom stereocenters. The Morgan fingerprint density at radius 1 is 0.793 bits per heavy atom. The highest BCUT2D eigenvalue weighted by molar-refractivity contribution is 5.75. The van der Waals surface area contributed by atoms with Crippen molar-refractivity contribution in [3.8, 4) is 22.6 Å². The van der Waals surface area contributed by atoms with Crippen molar-refractivity contribution in [2.24, 2.45) is 5.41 Å². The van der Waals surface area contributed by atoms with Crippen molar-refractivity contribution >= 4 is 5.97 Å². The molecule has 2 aromatic rings. The summed E-state index contributed by atoms with van der Waals surface area (Å²) in [7, 11) is 1.67. The molecule has 0 amide bonds. The van der Waals surface area contributed by atoms with E-state index < -0.39 is 0 Å². The SMILES string of the molecule is CCC(C)(C)C(=O)OCCCCCCOc1ccc(-c2ccc(OC)cc2)cc1. The lowest BCUT2D eigenvalue weighted by Crippen LogP contribution is -2.26. The van der Waals surface area contributed by atoms with E-state index >= 15 is 0 Å². The molecule has 0 aliphatic rings. The van der Waals surface area contributed by atoms with E-state index in [1.54, 1.807) is 7.11 Å². The summed E-state index contributed by atoms with van der Waals surface area (Å²) in [4.78, 5) is 11.9. The first-order valence-electron chi connectivity index (χ1n) is 10.5. The van der Waals surface area contributed by atoms with Crippen LogP contribution in [-0.4, -0.2) is 26.3 Å². The molecule has 0 saturated carbocycles. The number of rotatable bonds is 12. The quantitative estimate of drug-likeness (QED) is 0.312. The van der Waals surface area contributed by atoms with Gasteiger partial charge in [0.2, 0.25) is 0 Å². The summed E-state index contributed by atoms with van der Waals surface area (Å²) in [6.45, 7) is 7.07. The Balaban J connectivity index is 1.60. The molecule has 4 nitrogen and oxygen atoms in total. The van der Waals surface area contributed by atoms with Crippen LogP contribution in [0.1, 0.15) is 52.9 Å². The standard InChI is InChI=1S/C25H34O4/c1-5-25(2,3)24(26)29-19-9-7-6-8-18-28-23-16-12-21(13-17-23)20-10-14-22(27-4)15-11-20/h10-17H,5-9,18-19H2,1-4H3. The predicted molar refractivity (Wildman–Crippen MR) is 117 cm³/mol. The lowest BCUT2D eigenvalue weighted by molar-refractivity contribution is -0.154. The van der Waals surface area contributed by atoms with Gasteiger partial charge in [0.05, 0.1) is 25.7 Å². The van der Waals surface area contributed by atoms with Crippen LogP contribution in [0.25, 0.3) is 11.1 Å². The number of ether oxygens (including phenoxy) is 3. The molecule has 0 unspecified atom stereocenters. The fourth-order valence-corrected chi connectivity index (χ4v) is 2.78. The molecule has 2 rings (SSSR count). The van der Waals surface area contributed by atoms with E-state index in [0.717, 1.165) is 54.7 Å². The molecule has 29 heavy (non-hydrogen) atoms. The second-order valence-corrected chi connectivity index (χ2v) is 7.89. The fraction of sp³-hybridized carbons (Fsp3) is 0.480. The van der Waals surface area contributed by atoms with E-state index in [2.05, 4.69) is 24.3 Å². The van der Waals surface area contributed by atoms with Gasteiger partial charge in [0.25, 0.3) is 0 Å². The Morgan fingerprint density at radius 2 is 1.31 bits per heavy atom. The number of methoxy groups -OCH3 is 1. The molecule has 0 bridgehead atoms. The number of carbonyl (C=O) groups is 1. The van der Waals surface area contributed by atoms with E-state index in [9.17, 15) is 4.79 Å². The largest absolute Gasteiger partial charge is 0.497 e. The van der Waals surface area contributed by atoms with Gasteiger partial charge in [-0.15, -0.1) is 0 Å². The van der Waals surface area contributed by atoms with E-state index in [0.29, 0.717) is 13.2 Å². The Bertz CT molecular complexity index is 732. The van der Waals surface area contributed by atoms with Gasteiger partial charge in [-0.25, -0.2) is 0 Å². The van der Waals surface area contributed by atoms with Crippen LogP contribution in [0.5, 0.6) is 11.5 Å². The third kappa shape index (κ3) is 7.45. The van der Waals surface area contributed by atoms with Crippen molar-refractivity contribution in [1.29, 1.82) is 0 Å². The summed E-state index contributed by atoms with van der Waals surface area (Å²) in [5.41, 5.74) is 1.93. The average Bonchev–Trinajstić information content (AvgIpc) is 2.75. The van der Waals surface area contributed by atoms with Crippen LogP contribution >= 0.6 is 0 Å². The highest BCUT2D eigenvalue weighted by Gasteiger charge is 2.26. The Morgan fingerprint density at radius 3 is 1.83 bits per heavy atom. The molecule has 2 aromatic carbocycles. The summed E-state index contributed by atoms with van der Waals surface area (Å²) in [6, 6.07) is 16.2. The molecule has 0 aliphatic carbocycles. The maximum absolute atomic E-state index is 11.9. The molecular weight excluding hydrogens is 364 g/mol. The first kappa shape index (κ1) is 22.8. The molecule has 0 fully saturated rings. The van der Waals surface area contributed by atoms with Crippen LogP contribution in [0.3, 0.4) is 0 Å². The zero-order valence-electron chi connectivity index (χ0n) is 18.2. The highest BCUT2D eigenvalue weighted by Crippen LogP contribution is 2.25. The summed E-state index contributed by atoms with van der Waals surface area (Å²) in [5.74, 6) is 1.65. The van der Waals surface area contributed by atoms with Crippen molar-refractivity contribution < 1.29 is 19.0 Å². The predicted octanol–water partition coefficient (Wildman–Crippen LogP) is 6.28. The van der Waals surface area contributed by atoms with Gasteiger partial charge in [0.1, 0.15) is 11.5 Å². The number of hydrogen-bond acceptors (Lipinski definition) is 4. The van der Waals surface area contributed by atoms with E-state index in [4.69, 9.17) is 14.2 Å². The molecule has 0 N–H and O–H groups in total. The van der Waals surface area contributed by atoms with E-state index in [-0.39, 0.29) is 11.4 Å². The second kappa shape index (κ2) is 11.5. The van der Waals surface area contributed by atoms with Crippen molar-refractivity contribution in [3.05, 3.63) is 48.5 Å². The van der Waals surface area contributed by atoms with Gasteiger partial charge in [-0.2, -0.15) is 0 Å². The number of hydrogen-bond donors (Lipinski definition) is 0. The summed E-state index contributed by atoms with van der Waals surface area (Å²) in [6.07, 6.45) is 4.80. The highest BCUT2D eigenvalue weighted by atomic mass is 16.5. The molecule has 0 aliphatic heterocycles. The van der Waals surface area contributed by atoms with Crippen molar-refractivity contribution in [1.82, 2.24) is 0 Å². The number of benzene rings is 2. The van der Waals surface area contributed by atoms with Crippen molar-refractivity contribution in [2.45, 2.75) is 52.9 Å². The monoisotopic (exact) mass is 398 g/mol. The third-order valence-corrected chi connectivity index (χ3v) is 5.25. The van der Waals surface area contributed by atoms with Gasteiger partial charge in [-0.05, 0) is 81.3 Å². The Kier molecular flexibility index (Phi) is 9.04. The van der Waals surface area contributed by atoms with Crippen LogP contribution in [0, 0.1) is 5.41 Å². The number of unbranched alkanes of at least 4 members (excludes halogenated alkanes) is 3. The van der Waals surface area contributed by atoms with Gasteiger partial charge < -0.3 is 14.2 Å². The topological polar surface area (TPSA) is 44.8 Å². The van der Waals surface area contributed by atoms with Gasteiger partial charge in [-0.1, -0.05) is 31.2 Å². The first-order valence-corrected chi connectivity index (χ1v) is 10.5. The molecule has 158 valence electrons. The number of esters is 1. The molecule has 0 saturated heterocycles. The molecule has 0 aromatic heterocycles. The zero-order chi connectivity index (χ0) is 21.1. The summed E-state index contributed by atoms with van der Waals surface area (Å²) >= 11 is 0. The maximum atomic E-state index is 11.9. The normalized spacial score (nSPS) is 11.2. The smallest absolute Gasteiger partial charge is 0.311 e. The molecule has 0 heterocycles. The maximum Gasteiger partial charge on any atom is 0.311 e. The third-order valence-electron chi connectivity index (χ3n) is 5.25. The zero-order valence-corrected chi connectivity index (χ0v) is 18.2. The lowest BCUT2D eigenvalue weighted by atomic mass is 9.91. The minimum atomic E-state index is -0.378. The van der Waals surface area contributed by atoms with Crippen LogP contribution < -0.4 is 9.47 Å². The van der Waals surface area contributed by atoms with E-state index in [1.165, 1.54) is 0 Å². The van der Waals surface area contributed by atoms with Gasteiger partial charge in [0.15, 0.2) is 0 Å². The van der Waals surface area contributed by atoms with Crippen LogP contribution in [0.2, 0.25) is 0 Å². The second-order valence-electron chi connectivity index (χ2n) is 7.89. The minimum Gasteiger partial charge on any atom is -0.497 e. The Labute approximate surface area is 175 Å².